The van der Waals surface area contributed by atoms with Crippen LogP contribution in [-0.4, -0.2) is 46.4 Å². The molecule has 2 unspecified atom stereocenters. The van der Waals surface area contributed by atoms with E-state index in [1.807, 2.05) is 27.7 Å². The maximum absolute atomic E-state index is 13.0. The molecule has 1 saturated heterocycles. The van der Waals surface area contributed by atoms with Crippen LogP contribution >= 0.6 is 15.9 Å². The van der Waals surface area contributed by atoms with Gasteiger partial charge in [0.05, 0.1) is 6.20 Å². The second-order valence-corrected chi connectivity index (χ2v) is 10.8. The molecule has 2 heterocycles. The van der Waals surface area contributed by atoms with Gasteiger partial charge in [0.15, 0.2) is 4.67 Å². The van der Waals surface area contributed by atoms with E-state index in [2.05, 4.69) is 26.2 Å². The fourth-order valence-corrected chi connectivity index (χ4v) is 4.49. The number of ketones is 1. The Morgan fingerprint density at radius 2 is 2.03 bits per heavy atom. The van der Waals surface area contributed by atoms with Crippen molar-refractivity contribution in [2.45, 2.75) is 84.3 Å². The van der Waals surface area contributed by atoms with E-state index in [-0.39, 0.29) is 35.2 Å². The molecule has 1 spiro atoms. The summed E-state index contributed by atoms with van der Waals surface area (Å²) in [6.07, 6.45) is 6.56. The molecule has 3 rings (SSSR count). The molecule has 1 N–H and O–H groups in total. The highest BCUT2D eigenvalue weighted by molar-refractivity contribution is 9.10. The molecule has 0 aromatic carbocycles. The minimum Gasteiger partial charge on any atom is -0.444 e. The number of halogens is 1. The molecule has 2 fully saturated rings. The molecule has 2 atom stereocenters. The number of hydrogen-bond acceptors (Lipinski definition) is 6. The zero-order valence-electron chi connectivity index (χ0n) is 19.4. The number of carbonyl (C=O) groups excluding carboxylic acids is 3. The Balaban J connectivity index is 1.48. The summed E-state index contributed by atoms with van der Waals surface area (Å²) in [4.78, 5) is 42.6. The molecular weight excluding hydrogens is 478 g/mol. The molecule has 2 amide bonds. The van der Waals surface area contributed by atoms with E-state index >= 15 is 0 Å². The smallest absolute Gasteiger partial charge is 0.410 e. The number of likely N-dealkylation sites (tertiary alicyclic amines) is 1. The highest BCUT2D eigenvalue weighted by Gasteiger charge is 2.65. The number of nitrogens with one attached hydrogen (secondary N) is 1. The second kappa shape index (κ2) is 9.93. The first-order valence-electron chi connectivity index (χ1n) is 11.4. The molecule has 1 aromatic heterocycles. The lowest BCUT2D eigenvalue weighted by molar-refractivity contribution is -0.125. The summed E-state index contributed by atoms with van der Waals surface area (Å²) in [5.41, 5.74) is -0.648. The molecular formula is C23H34BrN3O5. The minimum atomic E-state index is -0.526. The van der Waals surface area contributed by atoms with Gasteiger partial charge in [-0.05, 0) is 56.0 Å². The largest absolute Gasteiger partial charge is 0.444 e. The first kappa shape index (κ1) is 24.7. The molecule has 8 nitrogen and oxygen atoms in total. The SMILES string of the molecule is CCC(=O)CCCCCC(NC(=O)C1CC12CN(C(=O)OC(C)(C)C)C2)c1ncc(Br)o1. The minimum absolute atomic E-state index is 0.0191. The van der Waals surface area contributed by atoms with Crippen molar-refractivity contribution >= 4 is 33.7 Å². The van der Waals surface area contributed by atoms with Gasteiger partial charge < -0.3 is 19.4 Å². The van der Waals surface area contributed by atoms with E-state index in [1.165, 1.54) is 0 Å². The van der Waals surface area contributed by atoms with Crippen molar-refractivity contribution in [2.75, 3.05) is 13.1 Å². The number of ether oxygens (including phenoxy) is 1. The molecule has 178 valence electrons. The third-order valence-corrected chi connectivity index (χ3v) is 6.49. The Labute approximate surface area is 198 Å². The standard InChI is InChI=1S/C23H34BrN3O5/c1-5-15(28)9-7-6-8-10-17(20-25-12-18(24)31-20)26-19(29)16-11-23(16)13-27(14-23)21(30)32-22(2,3)4/h12,16-17H,5-11,13-14H2,1-4H3,(H,26,29). The Morgan fingerprint density at radius 1 is 1.31 bits per heavy atom. The highest BCUT2D eigenvalue weighted by Crippen LogP contribution is 2.59. The third kappa shape index (κ3) is 6.33. The van der Waals surface area contributed by atoms with Crippen LogP contribution in [0.15, 0.2) is 15.3 Å². The van der Waals surface area contributed by atoms with Crippen molar-refractivity contribution in [3.63, 3.8) is 0 Å². The van der Waals surface area contributed by atoms with E-state index in [4.69, 9.17) is 9.15 Å². The lowest BCUT2D eigenvalue weighted by atomic mass is 9.93. The first-order valence-corrected chi connectivity index (χ1v) is 12.2. The number of amides is 2. The molecule has 1 aliphatic heterocycles. The predicted molar refractivity (Wildman–Crippen MR) is 122 cm³/mol. The van der Waals surface area contributed by atoms with Gasteiger partial charge in [-0.1, -0.05) is 19.8 Å². The number of unbranched alkanes of at least 4 members (excludes halogenated alkanes) is 2. The number of oxazole rings is 1. The van der Waals surface area contributed by atoms with Crippen LogP contribution < -0.4 is 5.32 Å². The molecule has 2 aliphatic rings. The van der Waals surface area contributed by atoms with Crippen molar-refractivity contribution in [3.05, 3.63) is 16.8 Å². The quantitative estimate of drug-likeness (QED) is 0.453. The lowest BCUT2D eigenvalue weighted by Gasteiger charge is -2.41. The van der Waals surface area contributed by atoms with Crippen LogP contribution in [0.3, 0.4) is 0 Å². The summed E-state index contributed by atoms with van der Waals surface area (Å²) >= 11 is 3.28. The van der Waals surface area contributed by atoms with Gasteiger partial charge in [-0.2, -0.15) is 0 Å². The Kier molecular flexibility index (Phi) is 7.68. The summed E-state index contributed by atoms with van der Waals surface area (Å²) in [5, 5.41) is 3.11. The predicted octanol–water partition coefficient (Wildman–Crippen LogP) is 4.78. The average molecular weight is 512 g/mol. The fourth-order valence-electron chi connectivity index (χ4n) is 4.22. The number of aromatic nitrogens is 1. The van der Waals surface area contributed by atoms with E-state index in [9.17, 15) is 14.4 Å². The zero-order valence-corrected chi connectivity index (χ0v) is 21.0. The Bertz CT molecular complexity index is 841. The molecule has 0 bridgehead atoms. The van der Waals surface area contributed by atoms with Crippen molar-refractivity contribution in [3.8, 4) is 0 Å². The van der Waals surface area contributed by atoms with Crippen molar-refractivity contribution < 1.29 is 23.5 Å². The van der Waals surface area contributed by atoms with Crippen LogP contribution in [0.5, 0.6) is 0 Å². The van der Waals surface area contributed by atoms with Gasteiger partial charge in [0, 0.05) is 37.3 Å². The maximum atomic E-state index is 13.0. The van der Waals surface area contributed by atoms with Crippen molar-refractivity contribution in [1.29, 1.82) is 0 Å². The van der Waals surface area contributed by atoms with Crippen LogP contribution in [0.4, 0.5) is 4.79 Å². The summed E-state index contributed by atoms with van der Waals surface area (Å²) in [6, 6.07) is -0.310. The summed E-state index contributed by atoms with van der Waals surface area (Å²) < 4.78 is 11.5. The summed E-state index contributed by atoms with van der Waals surface area (Å²) in [5.74, 6) is 0.638. The van der Waals surface area contributed by atoms with Gasteiger partial charge in [0.25, 0.3) is 0 Å². The normalized spacial score (nSPS) is 19.9. The van der Waals surface area contributed by atoms with Gasteiger partial charge >= 0.3 is 6.09 Å². The monoisotopic (exact) mass is 511 g/mol. The van der Waals surface area contributed by atoms with Crippen LogP contribution in [0, 0.1) is 11.3 Å². The molecule has 32 heavy (non-hydrogen) atoms. The molecule has 9 heteroatoms. The number of rotatable bonds is 10. The molecule has 1 aliphatic carbocycles. The molecule has 0 radical (unpaired) electrons. The van der Waals surface area contributed by atoms with E-state index < -0.39 is 5.60 Å². The van der Waals surface area contributed by atoms with Gasteiger partial charge in [0.1, 0.15) is 17.4 Å². The molecule has 1 aromatic rings. The Hall–Kier alpha value is -1.90. The van der Waals surface area contributed by atoms with E-state index in [1.54, 1.807) is 11.1 Å². The van der Waals surface area contributed by atoms with Gasteiger partial charge in [0.2, 0.25) is 11.8 Å². The Morgan fingerprint density at radius 3 is 2.62 bits per heavy atom. The lowest BCUT2D eigenvalue weighted by Crippen LogP contribution is -2.54. The van der Waals surface area contributed by atoms with Gasteiger partial charge in [-0.15, -0.1) is 0 Å². The van der Waals surface area contributed by atoms with Crippen LogP contribution in [0.1, 0.15) is 84.6 Å². The van der Waals surface area contributed by atoms with Crippen molar-refractivity contribution in [2.24, 2.45) is 11.3 Å². The van der Waals surface area contributed by atoms with E-state index in [0.717, 1.165) is 25.7 Å². The number of nitrogens with zero attached hydrogens (tertiary/aromatic N) is 2. The highest BCUT2D eigenvalue weighted by atomic mass is 79.9. The van der Waals surface area contributed by atoms with E-state index in [0.29, 0.717) is 42.9 Å². The number of Topliss-reactive ketones (excluding diaryl/α,β-unsaturated/α-hetero) is 1. The summed E-state index contributed by atoms with van der Waals surface area (Å²) in [6.45, 7) is 8.53. The summed E-state index contributed by atoms with van der Waals surface area (Å²) in [7, 11) is 0. The fraction of sp³-hybridized carbons (Fsp3) is 0.739. The van der Waals surface area contributed by atoms with Crippen molar-refractivity contribution in [1.82, 2.24) is 15.2 Å². The van der Waals surface area contributed by atoms with Crippen LogP contribution in [0.2, 0.25) is 0 Å². The average Bonchev–Trinajstić information content (AvgIpc) is 3.30. The molecule has 1 saturated carbocycles. The van der Waals surface area contributed by atoms with Gasteiger partial charge in [-0.25, -0.2) is 9.78 Å². The van der Waals surface area contributed by atoms with Crippen LogP contribution in [0.25, 0.3) is 0 Å². The van der Waals surface area contributed by atoms with Gasteiger partial charge in [-0.3, -0.25) is 9.59 Å². The zero-order chi connectivity index (χ0) is 23.5. The first-order chi connectivity index (χ1) is 15.0. The number of hydrogen-bond donors (Lipinski definition) is 1. The third-order valence-electron chi connectivity index (χ3n) is 6.12. The maximum Gasteiger partial charge on any atom is 0.410 e. The van der Waals surface area contributed by atoms with Crippen LogP contribution in [-0.2, 0) is 14.3 Å². The topological polar surface area (TPSA) is 102 Å². The number of carbonyl (C=O) groups is 3. The second-order valence-electron chi connectivity index (χ2n) is 10.0.